The van der Waals surface area contributed by atoms with Gasteiger partial charge in [0.05, 0.1) is 6.61 Å². The van der Waals surface area contributed by atoms with Crippen molar-refractivity contribution in [3.63, 3.8) is 0 Å². The molecular weight excluding hydrogens is 176 g/mol. The van der Waals surface area contributed by atoms with E-state index >= 15 is 0 Å². The van der Waals surface area contributed by atoms with Crippen LogP contribution in [0.5, 0.6) is 5.75 Å². The van der Waals surface area contributed by atoms with Crippen LogP contribution >= 0.6 is 0 Å². The molecule has 1 rings (SSSR count). The highest BCUT2D eigenvalue weighted by Gasteiger charge is 1.93. The van der Waals surface area contributed by atoms with E-state index in [9.17, 15) is 0 Å². The zero-order valence-electron chi connectivity index (χ0n) is 8.53. The predicted octanol–water partition coefficient (Wildman–Crippen LogP) is 3.09. The van der Waals surface area contributed by atoms with Crippen LogP contribution in [0.15, 0.2) is 30.8 Å². The minimum absolute atomic E-state index is 0.314. The van der Waals surface area contributed by atoms with Crippen LogP contribution in [-0.4, -0.2) is 13.4 Å². The Hall–Kier alpha value is -1.28. The summed E-state index contributed by atoms with van der Waals surface area (Å²) in [5.74, 6) is 0.818. The van der Waals surface area contributed by atoms with E-state index in [1.807, 2.05) is 24.3 Å². The van der Waals surface area contributed by atoms with Gasteiger partial charge in [0, 0.05) is 0 Å². The van der Waals surface area contributed by atoms with Gasteiger partial charge in [0.1, 0.15) is 5.75 Å². The zero-order chi connectivity index (χ0) is 10.2. The average Bonchev–Trinajstić information content (AvgIpc) is 2.25. The molecule has 76 valence electrons. The molecule has 0 heterocycles. The number of hydrogen-bond acceptors (Lipinski definition) is 2. The lowest BCUT2D eigenvalue weighted by molar-refractivity contribution is 0.0157. The standard InChI is InChI=1S/C12H16O2/c1-3-8-13-10-14-12-7-5-6-11(4-2)9-12/h4-7,9H,2-3,8,10H2,1H3. The Morgan fingerprint density at radius 1 is 1.43 bits per heavy atom. The van der Waals surface area contributed by atoms with E-state index in [1.165, 1.54) is 0 Å². The highest BCUT2D eigenvalue weighted by Crippen LogP contribution is 2.13. The number of rotatable bonds is 6. The summed E-state index contributed by atoms with van der Waals surface area (Å²) < 4.78 is 10.6. The molecule has 0 spiro atoms. The third kappa shape index (κ3) is 3.62. The Morgan fingerprint density at radius 3 is 3.00 bits per heavy atom. The lowest BCUT2D eigenvalue weighted by Gasteiger charge is -2.06. The van der Waals surface area contributed by atoms with Crippen molar-refractivity contribution >= 4 is 6.08 Å². The van der Waals surface area contributed by atoms with Gasteiger partial charge in [0.2, 0.25) is 0 Å². The van der Waals surface area contributed by atoms with Gasteiger partial charge in [-0.2, -0.15) is 0 Å². The molecular formula is C12H16O2. The van der Waals surface area contributed by atoms with E-state index in [0.29, 0.717) is 6.79 Å². The second-order valence-corrected chi connectivity index (χ2v) is 2.95. The molecule has 0 bridgehead atoms. The van der Waals surface area contributed by atoms with Crippen molar-refractivity contribution in [2.75, 3.05) is 13.4 Å². The Labute approximate surface area is 85.2 Å². The normalized spacial score (nSPS) is 9.79. The Kier molecular flexibility index (Phi) is 4.79. The second-order valence-electron chi connectivity index (χ2n) is 2.95. The van der Waals surface area contributed by atoms with Gasteiger partial charge in [-0.05, 0) is 24.1 Å². The third-order valence-electron chi connectivity index (χ3n) is 1.75. The average molecular weight is 192 g/mol. The minimum Gasteiger partial charge on any atom is -0.468 e. The largest absolute Gasteiger partial charge is 0.468 e. The molecule has 0 saturated heterocycles. The summed E-state index contributed by atoms with van der Waals surface area (Å²) in [6.07, 6.45) is 2.80. The molecule has 14 heavy (non-hydrogen) atoms. The molecule has 0 aliphatic carbocycles. The smallest absolute Gasteiger partial charge is 0.189 e. The van der Waals surface area contributed by atoms with Gasteiger partial charge in [0.25, 0.3) is 0 Å². The Morgan fingerprint density at radius 2 is 2.29 bits per heavy atom. The van der Waals surface area contributed by atoms with Crippen molar-refractivity contribution in [2.24, 2.45) is 0 Å². The van der Waals surface area contributed by atoms with Crippen molar-refractivity contribution in [3.8, 4) is 5.75 Å². The highest BCUT2D eigenvalue weighted by molar-refractivity contribution is 5.49. The fourth-order valence-electron chi connectivity index (χ4n) is 1.04. The summed E-state index contributed by atoms with van der Waals surface area (Å²) in [7, 11) is 0. The SMILES string of the molecule is C=Cc1cccc(OCOCCC)c1. The van der Waals surface area contributed by atoms with Crippen LogP contribution < -0.4 is 4.74 Å². The molecule has 2 nitrogen and oxygen atoms in total. The quantitative estimate of drug-likeness (QED) is 0.509. The third-order valence-corrected chi connectivity index (χ3v) is 1.75. The van der Waals surface area contributed by atoms with Crippen molar-refractivity contribution in [1.29, 1.82) is 0 Å². The summed E-state index contributed by atoms with van der Waals surface area (Å²) in [4.78, 5) is 0. The van der Waals surface area contributed by atoms with Crippen LogP contribution in [0.4, 0.5) is 0 Å². The number of ether oxygens (including phenoxy) is 2. The van der Waals surface area contributed by atoms with Gasteiger partial charge in [-0.15, -0.1) is 0 Å². The molecule has 0 saturated carbocycles. The predicted molar refractivity (Wildman–Crippen MR) is 58.3 cm³/mol. The van der Waals surface area contributed by atoms with E-state index in [0.717, 1.165) is 24.3 Å². The lowest BCUT2D eigenvalue weighted by atomic mass is 10.2. The molecule has 0 fully saturated rings. The Balaban J connectivity index is 2.38. The number of benzene rings is 1. The van der Waals surface area contributed by atoms with Crippen LogP contribution in [0.25, 0.3) is 6.08 Å². The van der Waals surface area contributed by atoms with E-state index in [-0.39, 0.29) is 0 Å². The van der Waals surface area contributed by atoms with Crippen LogP contribution in [0.3, 0.4) is 0 Å². The summed E-state index contributed by atoms with van der Waals surface area (Å²) >= 11 is 0. The van der Waals surface area contributed by atoms with Gasteiger partial charge in [0.15, 0.2) is 6.79 Å². The van der Waals surface area contributed by atoms with E-state index < -0.39 is 0 Å². The second kappa shape index (κ2) is 6.22. The van der Waals surface area contributed by atoms with Crippen molar-refractivity contribution in [3.05, 3.63) is 36.4 Å². The van der Waals surface area contributed by atoms with Crippen LogP contribution in [0.1, 0.15) is 18.9 Å². The summed E-state index contributed by atoms with van der Waals surface area (Å²) in [5, 5.41) is 0. The molecule has 1 aromatic rings. The van der Waals surface area contributed by atoms with Gasteiger partial charge in [-0.3, -0.25) is 0 Å². The lowest BCUT2D eigenvalue weighted by Crippen LogP contribution is -2.03. The molecule has 0 amide bonds. The van der Waals surface area contributed by atoms with Crippen molar-refractivity contribution in [2.45, 2.75) is 13.3 Å². The first kappa shape index (κ1) is 10.8. The topological polar surface area (TPSA) is 18.5 Å². The maximum Gasteiger partial charge on any atom is 0.189 e. The maximum atomic E-state index is 5.38. The summed E-state index contributed by atoms with van der Waals surface area (Å²) in [5.41, 5.74) is 1.05. The highest BCUT2D eigenvalue weighted by atomic mass is 16.7. The molecule has 0 aliphatic rings. The first-order chi connectivity index (χ1) is 6.86. The van der Waals surface area contributed by atoms with Crippen LogP contribution in [0, 0.1) is 0 Å². The molecule has 0 atom stereocenters. The van der Waals surface area contributed by atoms with E-state index in [2.05, 4.69) is 13.5 Å². The monoisotopic (exact) mass is 192 g/mol. The molecule has 2 heteroatoms. The summed E-state index contributed by atoms with van der Waals surface area (Å²) in [6, 6.07) is 7.75. The zero-order valence-corrected chi connectivity index (χ0v) is 8.53. The molecule has 0 N–H and O–H groups in total. The first-order valence-electron chi connectivity index (χ1n) is 4.80. The molecule has 0 aromatic heterocycles. The fourth-order valence-corrected chi connectivity index (χ4v) is 1.04. The molecule has 0 aliphatic heterocycles. The van der Waals surface area contributed by atoms with Crippen LogP contribution in [-0.2, 0) is 4.74 Å². The van der Waals surface area contributed by atoms with Gasteiger partial charge < -0.3 is 9.47 Å². The molecule has 0 radical (unpaired) electrons. The van der Waals surface area contributed by atoms with Gasteiger partial charge >= 0.3 is 0 Å². The van der Waals surface area contributed by atoms with Crippen molar-refractivity contribution < 1.29 is 9.47 Å². The minimum atomic E-state index is 0.314. The first-order valence-corrected chi connectivity index (χ1v) is 4.80. The van der Waals surface area contributed by atoms with Crippen molar-refractivity contribution in [1.82, 2.24) is 0 Å². The van der Waals surface area contributed by atoms with Crippen LogP contribution in [0.2, 0.25) is 0 Å². The van der Waals surface area contributed by atoms with Gasteiger partial charge in [-0.25, -0.2) is 0 Å². The fraction of sp³-hybridized carbons (Fsp3) is 0.333. The maximum absolute atomic E-state index is 5.38. The molecule has 0 unspecified atom stereocenters. The number of hydrogen-bond donors (Lipinski definition) is 0. The summed E-state index contributed by atoms with van der Waals surface area (Å²) in [6.45, 7) is 6.81. The molecule has 1 aromatic carbocycles. The van der Waals surface area contributed by atoms with E-state index in [1.54, 1.807) is 6.08 Å². The van der Waals surface area contributed by atoms with Gasteiger partial charge in [-0.1, -0.05) is 31.7 Å². The Bertz CT molecular complexity index is 281. The van der Waals surface area contributed by atoms with E-state index in [4.69, 9.17) is 9.47 Å².